The molecule has 0 aliphatic carbocycles. The summed E-state index contributed by atoms with van der Waals surface area (Å²) in [5.41, 5.74) is 2.26. The van der Waals surface area contributed by atoms with Crippen LogP contribution in [0.3, 0.4) is 0 Å². The molecule has 1 unspecified atom stereocenters. The maximum Gasteiger partial charge on any atom is 0.254 e. The first-order valence-electron chi connectivity index (χ1n) is 8.42. The Morgan fingerprint density at radius 3 is 2.88 bits per heavy atom. The average Bonchev–Trinajstić information content (AvgIpc) is 3.09. The zero-order chi connectivity index (χ0) is 16.5. The van der Waals surface area contributed by atoms with Crippen LogP contribution in [0, 0.1) is 6.92 Å². The van der Waals surface area contributed by atoms with Gasteiger partial charge in [-0.1, -0.05) is 18.2 Å². The Balaban J connectivity index is 1.61. The van der Waals surface area contributed by atoms with Gasteiger partial charge in [0.25, 0.3) is 5.78 Å². The van der Waals surface area contributed by atoms with E-state index in [1.807, 2.05) is 11.4 Å². The number of aromatic nitrogens is 4. The van der Waals surface area contributed by atoms with E-state index in [2.05, 4.69) is 68.3 Å². The average molecular weight is 322 g/mol. The number of hydrogen-bond acceptors (Lipinski definition) is 5. The van der Waals surface area contributed by atoms with Crippen LogP contribution in [-0.2, 0) is 0 Å². The molecule has 1 aliphatic heterocycles. The van der Waals surface area contributed by atoms with Crippen LogP contribution in [0.2, 0.25) is 0 Å². The molecule has 0 spiro atoms. The molecule has 3 aromatic rings. The summed E-state index contributed by atoms with van der Waals surface area (Å²) in [4.78, 5) is 13.5. The molecule has 0 radical (unpaired) electrons. The van der Waals surface area contributed by atoms with Crippen LogP contribution in [0.1, 0.15) is 18.5 Å². The van der Waals surface area contributed by atoms with Gasteiger partial charge in [0.1, 0.15) is 12.1 Å². The van der Waals surface area contributed by atoms with E-state index in [-0.39, 0.29) is 0 Å². The van der Waals surface area contributed by atoms with Crippen molar-refractivity contribution < 1.29 is 0 Å². The number of likely N-dealkylation sites (N-methyl/N-ethyl adjacent to an activating group) is 1. The molecule has 1 aliphatic rings. The van der Waals surface area contributed by atoms with Crippen LogP contribution in [-0.4, -0.2) is 45.8 Å². The molecule has 0 amide bonds. The van der Waals surface area contributed by atoms with E-state index in [4.69, 9.17) is 0 Å². The molecule has 0 bridgehead atoms. The molecule has 1 saturated heterocycles. The molecule has 6 heteroatoms. The van der Waals surface area contributed by atoms with E-state index in [1.54, 1.807) is 6.33 Å². The van der Waals surface area contributed by atoms with Gasteiger partial charge in [-0.15, -0.1) is 0 Å². The number of benzene rings is 1. The minimum absolute atomic E-state index is 0.438. The Morgan fingerprint density at radius 2 is 2.04 bits per heavy atom. The molecule has 0 saturated carbocycles. The Bertz CT molecular complexity index is 828. The molecule has 4 rings (SSSR count). The fraction of sp³-hybridized carbons (Fsp3) is 0.389. The number of fused-ring (bicyclic) bond motifs is 1. The minimum Gasteiger partial charge on any atom is -0.369 e. The first-order chi connectivity index (χ1) is 11.7. The summed E-state index contributed by atoms with van der Waals surface area (Å²) >= 11 is 0. The van der Waals surface area contributed by atoms with Crippen LogP contribution in [0.4, 0.5) is 11.5 Å². The topological polar surface area (TPSA) is 49.6 Å². The normalized spacial score (nSPS) is 18.1. The van der Waals surface area contributed by atoms with Gasteiger partial charge in [-0.2, -0.15) is 14.6 Å². The van der Waals surface area contributed by atoms with Crippen molar-refractivity contribution in [1.82, 2.24) is 19.6 Å². The van der Waals surface area contributed by atoms with E-state index in [9.17, 15) is 0 Å². The molecule has 24 heavy (non-hydrogen) atoms. The van der Waals surface area contributed by atoms with Gasteiger partial charge in [-0.05, 0) is 31.9 Å². The van der Waals surface area contributed by atoms with E-state index in [0.717, 1.165) is 24.6 Å². The van der Waals surface area contributed by atoms with Crippen molar-refractivity contribution in [3.63, 3.8) is 0 Å². The predicted molar refractivity (Wildman–Crippen MR) is 95.6 cm³/mol. The molecule has 2 aromatic heterocycles. The van der Waals surface area contributed by atoms with Crippen molar-refractivity contribution in [1.29, 1.82) is 0 Å². The lowest BCUT2D eigenvalue weighted by Gasteiger charge is -2.39. The van der Waals surface area contributed by atoms with Gasteiger partial charge in [-0.3, -0.25) is 0 Å². The second kappa shape index (κ2) is 6.11. The van der Waals surface area contributed by atoms with Gasteiger partial charge in [0.05, 0.1) is 0 Å². The molecular weight excluding hydrogens is 300 g/mol. The zero-order valence-corrected chi connectivity index (χ0v) is 14.1. The van der Waals surface area contributed by atoms with Gasteiger partial charge in [0.15, 0.2) is 0 Å². The molecule has 3 heterocycles. The zero-order valence-electron chi connectivity index (χ0n) is 14.1. The highest BCUT2D eigenvalue weighted by Gasteiger charge is 2.25. The van der Waals surface area contributed by atoms with Crippen LogP contribution >= 0.6 is 0 Å². The van der Waals surface area contributed by atoms with Crippen molar-refractivity contribution in [2.24, 2.45) is 0 Å². The van der Waals surface area contributed by atoms with Gasteiger partial charge < -0.3 is 9.80 Å². The van der Waals surface area contributed by atoms with Crippen molar-refractivity contribution in [2.75, 3.05) is 29.9 Å². The lowest BCUT2D eigenvalue weighted by Crippen LogP contribution is -2.47. The van der Waals surface area contributed by atoms with Gasteiger partial charge in [-0.25, -0.2) is 4.98 Å². The molecule has 124 valence electrons. The summed E-state index contributed by atoms with van der Waals surface area (Å²) in [7, 11) is 2.15. The molecule has 1 aromatic carbocycles. The number of aryl methyl sites for hydroxylation is 1. The van der Waals surface area contributed by atoms with Crippen LogP contribution < -0.4 is 9.80 Å². The van der Waals surface area contributed by atoms with Gasteiger partial charge in [0, 0.05) is 43.6 Å². The van der Waals surface area contributed by atoms with Gasteiger partial charge in [0.2, 0.25) is 0 Å². The Hall–Kier alpha value is -2.63. The lowest BCUT2D eigenvalue weighted by molar-refractivity contribution is 0.483. The number of piperidine rings is 1. The molecule has 1 atom stereocenters. The van der Waals surface area contributed by atoms with Crippen LogP contribution in [0.25, 0.3) is 5.78 Å². The smallest absolute Gasteiger partial charge is 0.254 e. The predicted octanol–water partition coefficient (Wildman–Crippen LogP) is 2.54. The van der Waals surface area contributed by atoms with Gasteiger partial charge >= 0.3 is 0 Å². The summed E-state index contributed by atoms with van der Waals surface area (Å²) in [6.07, 6.45) is 3.93. The van der Waals surface area contributed by atoms with Crippen molar-refractivity contribution in [3.8, 4) is 0 Å². The third-order valence-electron chi connectivity index (χ3n) is 4.79. The van der Waals surface area contributed by atoms with E-state index < -0.39 is 0 Å². The Labute approximate surface area is 141 Å². The number of hydrogen-bond donors (Lipinski definition) is 0. The highest BCUT2D eigenvalue weighted by atomic mass is 15.4. The second-order valence-corrected chi connectivity index (χ2v) is 6.42. The SMILES string of the molecule is Cc1cc(N(C)C2CCCN(c3ccccc3)C2)n2ncnc2n1. The minimum atomic E-state index is 0.438. The monoisotopic (exact) mass is 322 g/mol. The largest absolute Gasteiger partial charge is 0.369 e. The molecule has 0 N–H and O–H groups in total. The summed E-state index contributed by atoms with van der Waals surface area (Å²) in [6.45, 7) is 4.13. The Morgan fingerprint density at radius 1 is 1.21 bits per heavy atom. The lowest BCUT2D eigenvalue weighted by atomic mass is 10.0. The number of nitrogens with zero attached hydrogens (tertiary/aromatic N) is 6. The Kier molecular flexibility index (Phi) is 3.80. The molecule has 6 nitrogen and oxygen atoms in total. The van der Waals surface area contributed by atoms with E-state index >= 15 is 0 Å². The highest BCUT2D eigenvalue weighted by Crippen LogP contribution is 2.25. The summed E-state index contributed by atoms with van der Waals surface area (Å²) in [6, 6.07) is 13.2. The number of anilines is 2. The van der Waals surface area contributed by atoms with E-state index in [1.165, 1.54) is 18.5 Å². The van der Waals surface area contributed by atoms with Crippen molar-refractivity contribution in [2.45, 2.75) is 25.8 Å². The summed E-state index contributed by atoms with van der Waals surface area (Å²) < 4.78 is 1.83. The fourth-order valence-electron chi connectivity index (χ4n) is 3.49. The standard InChI is InChI=1S/C18H22N6/c1-14-11-17(24-18(21-14)19-13-20-24)22(2)16-9-6-10-23(12-16)15-7-4-3-5-8-15/h3-5,7-8,11,13,16H,6,9-10,12H2,1-2H3. The quantitative estimate of drug-likeness (QED) is 0.742. The molecule has 1 fully saturated rings. The molecular formula is C18H22N6. The number of para-hydroxylation sites is 1. The van der Waals surface area contributed by atoms with Crippen molar-refractivity contribution in [3.05, 3.63) is 48.4 Å². The maximum atomic E-state index is 4.44. The van der Waals surface area contributed by atoms with E-state index in [0.29, 0.717) is 11.8 Å². The maximum absolute atomic E-state index is 4.44. The highest BCUT2D eigenvalue weighted by molar-refractivity contribution is 5.50. The van der Waals surface area contributed by atoms with Crippen LogP contribution in [0.15, 0.2) is 42.7 Å². The summed E-state index contributed by atoms with van der Waals surface area (Å²) in [5.74, 6) is 1.71. The first kappa shape index (κ1) is 14.9. The van der Waals surface area contributed by atoms with Crippen LogP contribution in [0.5, 0.6) is 0 Å². The third kappa shape index (κ3) is 2.68. The second-order valence-electron chi connectivity index (χ2n) is 6.42. The summed E-state index contributed by atoms with van der Waals surface area (Å²) in [5, 5.41) is 4.34. The first-order valence-corrected chi connectivity index (χ1v) is 8.42. The number of rotatable bonds is 3. The fourth-order valence-corrected chi connectivity index (χ4v) is 3.49. The van der Waals surface area contributed by atoms with Crippen molar-refractivity contribution >= 4 is 17.3 Å². The third-order valence-corrected chi connectivity index (χ3v) is 4.79.